The minimum absolute atomic E-state index is 0.0456. The van der Waals surface area contributed by atoms with E-state index in [1.54, 1.807) is 18.2 Å². The van der Waals surface area contributed by atoms with Crippen molar-refractivity contribution in [3.8, 4) is 0 Å². The van der Waals surface area contributed by atoms with Gasteiger partial charge in [0.15, 0.2) is 5.13 Å². The number of nitrogens with one attached hydrogen (secondary N) is 2. The highest BCUT2D eigenvalue weighted by molar-refractivity contribution is 7.89. The van der Waals surface area contributed by atoms with Gasteiger partial charge in [-0.05, 0) is 25.0 Å². The number of hydrogen-bond acceptors (Lipinski definition) is 5. The van der Waals surface area contributed by atoms with Gasteiger partial charge in [0.05, 0.1) is 10.6 Å². The van der Waals surface area contributed by atoms with Gasteiger partial charge in [0.25, 0.3) is 0 Å². The van der Waals surface area contributed by atoms with E-state index in [1.165, 1.54) is 36.3 Å². The highest BCUT2D eigenvalue weighted by Crippen LogP contribution is 2.40. The van der Waals surface area contributed by atoms with E-state index in [2.05, 4.69) is 15.0 Å². The smallest absolute Gasteiger partial charge is 0.240 e. The van der Waals surface area contributed by atoms with Crippen LogP contribution < -0.4 is 10.0 Å². The Hall–Kier alpha value is -1.77. The van der Waals surface area contributed by atoms with Crippen LogP contribution in [0.5, 0.6) is 0 Å². The van der Waals surface area contributed by atoms with E-state index in [0.717, 1.165) is 5.69 Å². The van der Waals surface area contributed by atoms with E-state index in [-0.39, 0.29) is 23.8 Å². The van der Waals surface area contributed by atoms with E-state index in [4.69, 9.17) is 0 Å². The summed E-state index contributed by atoms with van der Waals surface area (Å²) in [5.41, 5.74) is 1.04. The van der Waals surface area contributed by atoms with Gasteiger partial charge >= 0.3 is 0 Å². The molecule has 1 aromatic heterocycles. The molecular weight excluding hydrogens is 334 g/mol. The lowest BCUT2D eigenvalue weighted by Crippen LogP contribution is -2.27. The van der Waals surface area contributed by atoms with Crippen molar-refractivity contribution >= 4 is 32.4 Å². The van der Waals surface area contributed by atoms with E-state index < -0.39 is 10.0 Å². The second kappa shape index (κ2) is 6.77. The normalized spacial score (nSPS) is 14.6. The highest BCUT2D eigenvalue weighted by Gasteiger charge is 2.26. The summed E-state index contributed by atoms with van der Waals surface area (Å²) in [4.78, 5) is 16.4. The van der Waals surface area contributed by atoms with E-state index >= 15 is 0 Å². The summed E-state index contributed by atoms with van der Waals surface area (Å²) in [6.45, 7) is 0.0456. The molecule has 0 bridgehead atoms. The predicted molar refractivity (Wildman–Crippen MR) is 89.0 cm³/mol. The SMILES string of the molecule is O=C(CCNS(=O)(=O)c1ccccc1)Nc1nc(C2CC2)cs1. The molecule has 1 aromatic carbocycles. The first kappa shape index (κ1) is 16.1. The molecule has 0 saturated heterocycles. The molecule has 8 heteroatoms. The number of aromatic nitrogens is 1. The Kier molecular flexibility index (Phi) is 4.74. The van der Waals surface area contributed by atoms with Crippen LogP contribution >= 0.6 is 11.3 Å². The summed E-state index contributed by atoms with van der Waals surface area (Å²) in [6.07, 6.45) is 2.39. The molecule has 6 nitrogen and oxygen atoms in total. The Balaban J connectivity index is 1.47. The van der Waals surface area contributed by atoms with Crippen LogP contribution in [0.15, 0.2) is 40.6 Å². The van der Waals surface area contributed by atoms with Gasteiger partial charge in [0, 0.05) is 24.3 Å². The number of carbonyl (C=O) groups is 1. The van der Waals surface area contributed by atoms with Crippen LogP contribution in [-0.4, -0.2) is 25.9 Å². The lowest BCUT2D eigenvalue weighted by Gasteiger charge is -2.06. The molecule has 0 unspecified atom stereocenters. The van der Waals surface area contributed by atoms with Crippen molar-refractivity contribution in [3.63, 3.8) is 0 Å². The van der Waals surface area contributed by atoms with Gasteiger partial charge < -0.3 is 5.32 Å². The summed E-state index contributed by atoms with van der Waals surface area (Å²) < 4.78 is 26.4. The summed E-state index contributed by atoms with van der Waals surface area (Å²) in [7, 11) is -3.57. The molecule has 0 radical (unpaired) electrons. The van der Waals surface area contributed by atoms with Gasteiger partial charge in [-0.2, -0.15) is 0 Å². The number of rotatable bonds is 7. The molecule has 1 aliphatic rings. The fraction of sp³-hybridized carbons (Fsp3) is 0.333. The summed E-state index contributed by atoms with van der Waals surface area (Å²) >= 11 is 1.40. The fourth-order valence-corrected chi connectivity index (χ4v) is 3.94. The number of amides is 1. The molecule has 0 spiro atoms. The summed E-state index contributed by atoms with van der Waals surface area (Å²) in [5.74, 6) is 0.298. The maximum absolute atomic E-state index is 12.0. The van der Waals surface area contributed by atoms with Crippen molar-refractivity contribution < 1.29 is 13.2 Å². The molecule has 1 saturated carbocycles. The minimum atomic E-state index is -3.57. The molecule has 2 aromatic rings. The molecule has 23 heavy (non-hydrogen) atoms. The molecule has 0 atom stereocenters. The van der Waals surface area contributed by atoms with Gasteiger partial charge in [-0.3, -0.25) is 4.79 Å². The number of nitrogens with zero attached hydrogens (tertiary/aromatic N) is 1. The van der Waals surface area contributed by atoms with Crippen molar-refractivity contribution in [2.24, 2.45) is 0 Å². The predicted octanol–water partition coefficient (Wildman–Crippen LogP) is 2.33. The number of hydrogen-bond donors (Lipinski definition) is 2. The molecular formula is C15H17N3O3S2. The Bertz CT molecular complexity index is 783. The van der Waals surface area contributed by atoms with Crippen LogP contribution in [0.3, 0.4) is 0 Å². The molecule has 1 heterocycles. The van der Waals surface area contributed by atoms with Crippen molar-refractivity contribution in [2.75, 3.05) is 11.9 Å². The monoisotopic (exact) mass is 351 g/mol. The van der Waals surface area contributed by atoms with E-state index in [0.29, 0.717) is 11.0 Å². The zero-order valence-electron chi connectivity index (χ0n) is 12.4. The van der Waals surface area contributed by atoms with Crippen molar-refractivity contribution in [3.05, 3.63) is 41.4 Å². The van der Waals surface area contributed by atoms with Crippen LogP contribution in [0.1, 0.15) is 30.9 Å². The molecule has 2 N–H and O–H groups in total. The standard InChI is InChI=1S/C15H17N3O3S2/c19-14(18-15-17-13(10-22-15)11-6-7-11)8-9-16-23(20,21)12-4-2-1-3-5-12/h1-5,10-11,16H,6-9H2,(H,17,18,19). The summed E-state index contributed by atoms with van der Waals surface area (Å²) in [5, 5.41) is 5.24. The maximum atomic E-state index is 12.0. The van der Waals surface area contributed by atoms with Crippen LogP contribution in [0.2, 0.25) is 0 Å². The van der Waals surface area contributed by atoms with E-state index in [9.17, 15) is 13.2 Å². The second-order valence-electron chi connectivity index (χ2n) is 5.36. The maximum Gasteiger partial charge on any atom is 0.240 e. The number of thiazole rings is 1. The first-order valence-corrected chi connectivity index (χ1v) is 9.71. The third kappa shape index (κ3) is 4.37. The van der Waals surface area contributed by atoms with Gasteiger partial charge in [-0.25, -0.2) is 18.1 Å². The number of benzene rings is 1. The number of sulfonamides is 1. The average molecular weight is 351 g/mol. The first-order valence-electron chi connectivity index (χ1n) is 7.34. The molecule has 3 rings (SSSR count). The van der Waals surface area contributed by atoms with Crippen molar-refractivity contribution in [2.45, 2.75) is 30.1 Å². The Morgan fingerprint density at radius 1 is 1.26 bits per heavy atom. The van der Waals surface area contributed by atoms with Crippen molar-refractivity contribution in [1.82, 2.24) is 9.71 Å². The Morgan fingerprint density at radius 3 is 2.70 bits per heavy atom. The van der Waals surface area contributed by atoms with Gasteiger partial charge in [-0.1, -0.05) is 18.2 Å². The zero-order valence-corrected chi connectivity index (χ0v) is 14.0. The van der Waals surface area contributed by atoms with Crippen molar-refractivity contribution in [1.29, 1.82) is 0 Å². The fourth-order valence-electron chi connectivity index (χ4n) is 2.07. The lowest BCUT2D eigenvalue weighted by atomic mass is 10.3. The second-order valence-corrected chi connectivity index (χ2v) is 7.99. The molecule has 1 aliphatic carbocycles. The molecule has 122 valence electrons. The highest BCUT2D eigenvalue weighted by atomic mass is 32.2. The Morgan fingerprint density at radius 2 is 2.00 bits per heavy atom. The number of carbonyl (C=O) groups excluding carboxylic acids is 1. The molecule has 1 fully saturated rings. The third-order valence-electron chi connectivity index (χ3n) is 3.46. The van der Waals surface area contributed by atoms with Gasteiger partial charge in [0.1, 0.15) is 0 Å². The van der Waals surface area contributed by atoms with Crippen LogP contribution in [0.25, 0.3) is 0 Å². The molecule has 1 amide bonds. The Labute approximate surface area is 139 Å². The molecule has 0 aliphatic heterocycles. The first-order chi connectivity index (χ1) is 11.0. The van der Waals surface area contributed by atoms with Gasteiger partial charge in [-0.15, -0.1) is 11.3 Å². The third-order valence-corrected chi connectivity index (χ3v) is 5.71. The number of anilines is 1. The zero-order chi connectivity index (χ0) is 16.3. The topological polar surface area (TPSA) is 88.2 Å². The van der Waals surface area contributed by atoms with Crippen LogP contribution in [-0.2, 0) is 14.8 Å². The van der Waals surface area contributed by atoms with Crippen LogP contribution in [0.4, 0.5) is 5.13 Å². The van der Waals surface area contributed by atoms with Gasteiger partial charge in [0.2, 0.25) is 15.9 Å². The quantitative estimate of drug-likeness (QED) is 0.801. The summed E-state index contributed by atoms with van der Waals surface area (Å²) in [6, 6.07) is 8.08. The lowest BCUT2D eigenvalue weighted by molar-refractivity contribution is -0.116. The van der Waals surface area contributed by atoms with E-state index in [1.807, 2.05) is 5.38 Å². The average Bonchev–Trinajstić information content (AvgIpc) is 3.28. The van der Waals surface area contributed by atoms with Crippen LogP contribution in [0, 0.1) is 0 Å². The minimum Gasteiger partial charge on any atom is -0.302 e. The largest absolute Gasteiger partial charge is 0.302 e.